The van der Waals surface area contributed by atoms with E-state index in [0.717, 1.165) is 12.0 Å². The molecule has 2 fully saturated rings. The smallest absolute Gasteiger partial charge is 0.00696 e. The van der Waals surface area contributed by atoms with Crippen molar-refractivity contribution in [2.24, 2.45) is 5.92 Å². The molecular formula is C14H28N2. The minimum atomic E-state index is 0.835. The summed E-state index contributed by atoms with van der Waals surface area (Å²) in [5.74, 6) is 0.960. The summed E-state index contributed by atoms with van der Waals surface area (Å²) in [4.78, 5) is 2.62. The van der Waals surface area contributed by atoms with Crippen LogP contribution in [0.2, 0.25) is 0 Å². The van der Waals surface area contributed by atoms with Crippen molar-refractivity contribution in [3.05, 3.63) is 0 Å². The molecule has 0 spiro atoms. The number of hydrogen-bond acceptors (Lipinski definition) is 2. The summed E-state index contributed by atoms with van der Waals surface area (Å²) in [7, 11) is 0. The molecule has 0 aromatic carbocycles. The van der Waals surface area contributed by atoms with Gasteiger partial charge < -0.3 is 10.2 Å². The highest BCUT2D eigenvalue weighted by Gasteiger charge is 2.20. The summed E-state index contributed by atoms with van der Waals surface area (Å²) in [6.07, 6.45) is 9.86. The van der Waals surface area contributed by atoms with E-state index in [1.807, 2.05) is 0 Å². The topological polar surface area (TPSA) is 15.3 Å². The summed E-state index contributed by atoms with van der Waals surface area (Å²) >= 11 is 0. The maximum atomic E-state index is 3.72. The van der Waals surface area contributed by atoms with E-state index in [0.29, 0.717) is 0 Å². The van der Waals surface area contributed by atoms with Crippen LogP contribution >= 0.6 is 0 Å². The van der Waals surface area contributed by atoms with Crippen LogP contribution in [0.5, 0.6) is 0 Å². The Kier molecular flexibility index (Phi) is 5.11. The van der Waals surface area contributed by atoms with Crippen molar-refractivity contribution in [1.82, 2.24) is 10.2 Å². The minimum absolute atomic E-state index is 0.835. The van der Waals surface area contributed by atoms with Crippen molar-refractivity contribution in [3.8, 4) is 0 Å². The largest absolute Gasteiger partial charge is 0.314 e. The lowest BCUT2D eigenvalue weighted by Crippen LogP contribution is -2.28. The van der Waals surface area contributed by atoms with Gasteiger partial charge in [-0.25, -0.2) is 0 Å². The Hall–Kier alpha value is -0.0800. The molecule has 16 heavy (non-hydrogen) atoms. The number of likely N-dealkylation sites (tertiary alicyclic amines) is 1. The monoisotopic (exact) mass is 224 g/mol. The molecule has 2 atom stereocenters. The van der Waals surface area contributed by atoms with Crippen molar-refractivity contribution in [2.75, 3.05) is 26.2 Å². The van der Waals surface area contributed by atoms with Crippen LogP contribution in [0, 0.1) is 5.92 Å². The van der Waals surface area contributed by atoms with E-state index < -0.39 is 0 Å². The lowest BCUT2D eigenvalue weighted by atomic mass is 10.1. The molecule has 1 aliphatic heterocycles. The number of hydrogen-bond donors (Lipinski definition) is 1. The number of nitrogens with one attached hydrogen (secondary N) is 1. The van der Waals surface area contributed by atoms with Crippen molar-refractivity contribution < 1.29 is 0 Å². The number of unbranched alkanes of at least 4 members (excludes halogenated alkanes) is 1. The number of nitrogens with zero attached hydrogens (tertiary/aromatic N) is 1. The quantitative estimate of drug-likeness (QED) is 0.698. The molecule has 2 rings (SSSR count). The standard InChI is InChI=1S/C14H28N2/c1-13-6-7-14(12-13)15-8-2-3-9-16-10-4-5-11-16/h13-15H,2-12H2,1H3. The first-order valence-corrected chi connectivity index (χ1v) is 7.30. The van der Waals surface area contributed by atoms with Gasteiger partial charge in [0.05, 0.1) is 0 Å². The Morgan fingerprint density at radius 1 is 1.12 bits per heavy atom. The predicted molar refractivity (Wildman–Crippen MR) is 69.7 cm³/mol. The maximum absolute atomic E-state index is 3.72. The molecule has 2 nitrogen and oxygen atoms in total. The normalized spacial score (nSPS) is 31.3. The highest BCUT2D eigenvalue weighted by Crippen LogP contribution is 2.24. The fourth-order valence-electron chi connectivity index (χ4n) is 3.17. The van der Waals surface area contributed by atoms with Crippen molar-refractivity contribution in [1.29, 1.82) is 0 Å². The lowest BCUT2D eigenvalue weighted by molar-refractivity contribution is 0.327. The van der Waals surface area contributed by atoms with E-state index in [1.54, 1.807) is 0 Å². The van der Waals surface area contributed by atoms with Gasteiger partial charge in [-0.2, -0.15) is 0 Å². The molecule has 2 unspecified atom stereocenters. The van der Waals surface area contributed by atoms with Gasteiger partial charge in [-0.1, -0.05) is 6.92 Å². The van der Waals surface area contributed by atoms with Gasteiger partial charge >= 0.3 is 0 Å². The molecule has 0 aromatic rings. The second-order valence-electron chi connectivity index (χ2n) is 5.83. The second-order valence-corrected chi connectivity index (χ2v) is 5.83. The summed E-state index contributed by atoms with van der Waals surface area (Å²) in [5, 5.41) is 3.72. The summed E-state index contributed by atoms with van der Waals surface area (Å²) in [5.41, 5.74) is 0. The summed E-state index contributed by atoms with van der Waals surface area (Å²) < 4.78 is 0. The van der Waals surface area contributed by atoms with Gasteiger partial charge in [0, 0.05) is 6.04 Å². The highest BCUT2D eigenvalue weighted by molar-refractivity contribution is 4.78. The van der Waals surface area contributed by atoms with E-state index in [9.17, 15) is 0 Å². The Morgan fingerprint density at radius 3 is 2.62 bits per heavy atom. The molecule has 2 heteroatoms. The van der Waals surface area contributed by atoms with E-state index in [1.165, 1.54) is 71.1 Å². The van der Waals surface area contributed by atoms with Gasteiger partial charge in [0.25, 0.3) is 0 Å². The van der Waals surface area contributed by atoms with Crippen LogP contribution in [0.15, 0.2) is 0 Å². The zero-order valence-corrected chi connectivity index (χ0v) is 10.9. The minimum Gasteiger partial charge on any atom is -0.314 e. The van der Waals surface area contributed by atoms with Crippen molar-refractivity contribution >= 4 is 0 Å². The van der Waals surface area contributed by atoms with Gasteiger partial charge in [-0.05, 0) is 77.0 Å². The van der Waals surface area contributed by atoms with Crippen molar-refractivity contribution in [3.63, 3.8) is 0 Å². The maximum Gasteiger partial charge on any atom is 0.00696 e. The van der Waals surface area contributed by atoms with Crippen LogP contribution in [0.3, 0.4) is 0 Å². The van der Waals surface area contributed by atoms with Crippen molar-refractivity contribution in [2.45, 2.75) is 57.9 Å². The molecule has 0 amide bonds. The molecule has 94 valence electrons. The fraction of sp³-hybridized carbons (Fsp3) is 1.00. The Balaban J connectivity index is 1.43. The van der Waals surface area contributed by atoms with Gasteiger partial charge in [0.2, 0.25) is 0 Å². The zero-order chi connectivity index (χ0) is 11.2. The molecule has 0 aromatic heterocycles. The first-order chi connectivity index (χ1) is 7.84. The number of rotatable bonds is 6. The SMILES string of the molecule is CC1CCC(NCCCCN2CCCC2)C1. The highest BCUT2D eigenvalue weighted by atomic mass is 15.1. The molecule has 0 radical (unpaired) electrons. The van der Waals surface area contributed by atoms with E-state index in [4.69, 9.17) is 0 Å². The predicted octanol–water partition coefficient (Wildman–Crippen LogP) is 2.64. The van der Waals surface area contributed by atoms with Crippen LogP contribution in [0.1, 0.15) is 51.9 Å². The average molecular weight is 224 g/mol. The van der Waals surface area contributed by atoms with Crippen LogP contribution in [0.4, 0.5) is 0 Å². The average Bonchev–Trinajstić information content (AvgIpc) is 2.89. The van der Waals surface area contributed by atoms with Gasteiger partial charge in [-0.15, -0.1) is 0 Å². The molecule has 1 heterocycles. The van der Waals surface area contributed by atoms with Crippen LogP contribution < -0.4 is 5.32 Å². The third kappa shape index (κ3) is 4.06. The van der Waals surface area contributed by atoms with Gasteiger partial charge in [0.15, 0.2) is 0 Å². The second kappa shape index (κ2) is 6.61. The first-order valence-electron chi connectivity index (χ1n) is 7.30. The fourth-order valence-corrected chi connectivity index (χ4v) is 3.17. The third-order valence-electron chi connectivity index (χ3n) is 4.23. The van der Waals surface area contributed by atoms with Crippen LogP contribution in [-0.2, 0) is 0 Å². The lowest BCUT2D eigenvalue weighted by Gasteiger charge is -2.15. The van der Waals surface area contributed by atoms with Gasteiger partial charge in [-0.3, -0.25) is 0 Å². The van der Waals surface area contributed by atoms with E-state index in [-0.39, 0.29) is 0 Å². The van der Waals surface area contributed by atoms with E-state index >= 15 is 0 Å². The summed E-state index contributed by atoms with van der Waals surface area (Å²) in [6.45, 7) is 7.67. The van der Waals surface area contributed by atoms with Gasteiger partial charge in [0.1, 0.15) is 0 Å². The first kappa shape index (κ1) is 12.4. The Labute approximate surface area is 101 Å². The van der Waals surface area contributed by atoms with Crippen LogP contribution in [0.25, 0.3) is 0 Å². The Morgan fingerprint density at radius 2 is 1.94 bits per heavy atom. The summed E-state index contributed by atoms with van der Waals surface area (Å²) in [6, 6.07) is 0.835. The zero-order valence-electron chi connectivity index (χ0n) is 10.9. The van der Waals surface area contributed by atoms with E-state index in [2.05, 4.69) is 17.1 Å². The molecule has 2 aliphatic rings. The molecule has 1 N–H and O–H groups in total. The molecule has 1 saturated carbocycles. The molecule has 1 saturated heterocycles. The molecular weight excluding hydrogens is 196 g/mol. The molecule has 1 aliphatic carbocycles. The molecule has 0 bridgehead atoms. The third-order valence-corrected chi connectivity index (χ3v) is 4.23. The van der Waals surface area contributed by atoms with Crippen LogP contribution in [-0.4, -0.2) is 37.1 Å². The Bertz CT molecular complexity index is 187.